The second-order valence-electron chi connectivity index (χ2n) is 2.58. The van der Waals surface area contributed by atoms with Crippen LogP contribution in [0.3, 0.4) is 0 Å². The molecule has 1 rings (SSSR count). The van der Waals surface area contributed by atoms with Crippen LogP contribution < -0.4 is 0 Å². The quantitative estimate of drug-likeness (QED) is 0.801. The maximum Gasteiger partial charge on any atom is 0.433 e. The number of nitrogens with zero attached hydrogens (tertiary/aromatic N) is 2. The first-order valence-corrected chi connectivity index (χ1v) is 3.99. The van der Waals surface area contributed by atoms with Crippen molar-refractivity contribution in [2.45, 2.75) is 12.6 Å². The Balaban J connectivity index is 3.20. The standard InChI is InChI=1S/C7H4ClF3N2O2/c8-6-12-2-3(1-4(14)15)5(13-6)7(9,10)11/h2H,1H2,(H,14,15). The molecule has 0 aliphatic rings. The highest BCUT2D eigenvalue weighted by Crippen LogP contribution is 2.30. The molecule has 0 fully saturated rings. The monoisotopic (exact) mass is 240 g/mol. The topological polar surface area (TPSA) is 63.1 Å². The van der Waals surface area contributed by atoms with E-state index >= 15 is 0 Å². The van der Waals surface area contributed by atoms with E-state index in [1.54, 1.807) is 0 Å². The van der Waals surface area contributed by atoms with Gasteiger partial charge in [0.25, 0.3) is 0 Å². The van der Waals surface area contributed by atoms with E-state index in [4.69, 9.17) is 16.7 Å². The number of rotatable bonds is 2. The lowest BCUT2D eigenvalue weighted by Gasteiger charge is -2.09. The Kier molecular flexibility index (Phi) is 3.13. The van der Waals surface area contributed by atoms with Crippen molar-refractivity contribution in [1.82, 2.24) is 9.97 Å². The molecule has 0 spiro atoms. The van der Waals surface area contributed by atoms with Gasteiger partial charge in [-0.15, -0.1) is 0 Å². The Morgan fingerprint density at radius 1 is 1.53 bits per heavy atom. The Labute approximate surface area is 86.7 Å². The van der Waals surface area contributed by atoms with Crippen molar-refractivity contribution >= 4 is 17.6 Å². The van der Waals surface area contributed by atoms with Crippen molar-refractivity contribution in [3.8, 4) is 0 Å². The van der Waals surface area contributed by atoms with Gasteiger partial charge in [-0.25, -0.2) is 9.97 Å². The van der Waals surface area contributed by atoms with Crippen LogP contribution in [0.15, 0.2) is 6.20 Å². The number of aromatic nitrogens is 2. The fourth-order valence-corrected chi connectivity index (χ4v) is 1.06. The molecule has 0 unspecified atom stereocenters. The third-order valence-electron chi connectivity index (χ3n) is 1.45. The highest BCUT2D eigenvalue weighted by molar-refractivity contribution is 6.28. The lowest BCUT2D eigenvalue weighted by atomic mass is 10.1. The maximum absolute atomic E-state index is 12.3. The summed E-state index contributed by atoms with van der Waals surface area (Å²) in [4.78, 5) is 16.5. The summed E-state index contributed by atoms with van der Waals surface area (Å²) >= 11 is 5.19. The zero-order chi connectivity index (χ0) is 11.6. The minimum atomic E-state index is -4.74. The number of hydrogen-bond donors (Lipinski definition) is 1. The molecule has 82 valence electrons. The summed E-state index contributed by atoms with van der Waals surface area (Å²) in [5.41, 5.74) is -1.83. The van der Waals surface area contributed by atoms with Crippen molar-refractivity contribution in [3.05, 3.63) is 22.7 Å². The van der Waals surface area contributed by atoms with Gasteiger partial charge in [-0.3, -0.25) is 4.79 Å². The van der Waals surface area contributed by atoms with Crippen molar-refractivity contribution in [3.63, 3.8) is 0 Å². The van der Waals surface area contributed by atoms with Crippen molar-refractivity contribution in [2.75, 3.05) is 0 Å². The average molecular weight is 241 g/mol. The van der Waals surface area contributed by atoms with Gasteiger partial charge in [0.15, 0.2) is 5.69 Å². The van der Waals surface area contributed by atoms with Gasteiger partial charge < -0.3 is 5.11 Å². The normalized spacial score (nSPS) is 11.5. The molecule has 4 nitrogen and oxygen atoms in total. The molecule has 0 atom stereocenters. The Hall–Kier alpha value is -1.37. The lowest BCUT2D eigenvalue weighted by molar-refractivity contribution is -0.142. The SMILES string of the molecule is O=C(O)Cc1cnc(Cl)nc1C(F)(F)F. The van der Waals surface area contributed by atoms with Crippen LogP contribution >= 0.6 is 11.6 Å². The summed E-state index contributed by atoms with van der Waals surface area (Å²) in [5, 5.41) is 7.80. The first-order valence-electron chi connectivity index (χ1n) is 3.61. The van der Waals surface area contributed by atoms with Crippen molar-refractivity contribution in [2.24, 2.45) is 0 Å². The van der Waals surface area contributed by atoms with E-state index in [1.807, 2.05) is 0 Å². The van der Waals surface area contributed by atoms with Gasteiger partial charge in [0.2, 0.25) is 5.28 Å². The number of halogens is 4. The third-order valence-corrected chi connectivity index (χ3v) is 1.63. The summed E-state index contributed by atoms with van der Waals surface area (Å²) in [6, 6.07) is 0. The van der Waals surface area contributed by atoms with E-state index in [0.717, 1.165) is 6.20 Å². The average Bonchev–Trinajstić information content (AvgIpc) is 2.05. The molecule has 1 N–H and O–H groups in total. The highest BCUT2D eigenvalue weighted by atomic mass is 35.5. The molecule has 1 aromatic rings. The summed E-state index contributed by atoms with van der Waals surface area (Å²) in [5.74, 6) is -1.40. The molecule has 0 aliphatic heterocycles. The summed E-state index contributed by atoms with van der Waals surface area (Å²) in [6.07, 6.45) is -4.78. The number of carboxylic acid groups (broad SMARTS) is 1. The Morgan fingerprint density at radius 2 is 2.13 bits per heavy atom. The van der Waals surface area contributed by atoms with E-state index in [1.165, 1.54) is 0 Å². The Bertz CT molecular complexity index is 394. The number of aliphatic carboxylic acids is 1. The fraction of sp³-hybridized carbons (Fsp3) is 0.286. The zero-order valence-electron chi connectivity index (χ0n) is 7.05. The molecule has 0 saturated heterocycles. The number of hydrogen-bond acceptors (Lipinski definition) is 3. The molecule has 1 heterocycles. The van der Waals surface area contributed by atoms with E-state index in [-0.39, 0.29) is 0 Å². The van der Waals surface area contributed by atoms with Gasteiger partial charge in [-0.2, -0.15) is 13.2 Å². The molecular formula is C7H4ClF3N2O2. The molecular weight excluding hydrogens is 237 g/mol. The fourth-order valence-electron chi connectivity index (χ4n) is 0.923. The lowest BCUT2D eigenvalue weighted by Crippen LogP contribution is -2.15. The molecule has 0 saturated carbocycles. The van der Waals surface area contributed by atoms with Crippen LogP contribution in [0.2, 0.25) is 5.28 Å². The van der Waals surface area contributed by atoms with Gasteiger partial charge in [0.05, 0.1) is 6.42 Å². The van der Waals surface area contributed by atoms with Crippen molar-refractivity contribution < 1.29 is 23.1 Å². The first-order chi connectivity index (χ1) is 6.80. The maximum atomic E-state index is 12.3. The van der Waals surface area contributed by atoms with Gasteiger partial charge in [0.1, 0.15) is 0 Å². The van der Waals surface area contributed by atoms with E-state index < -0.39 is 35.1 Å². The zero-order valence-corrected chi connectivity index (χ0v) is 7.80. The van der Waals surface area contributed by atoms with Gasteiger partial charge in [0, 0.05) is 11.8 Å². The van der Waals surface area contributed by atoms with Crippen LogP contribution in [0, 0.1) is 0 Å². The van der Waals surface area contributed by atoms with E-state index in [9.17, 15) is 18.0 Å². The molecule has 0 aliphatic carbocycles. The minimum Gasteiger partial charge on any atom is -0.481 e. The Morgan fingerprint density at radius 3 is 2.60 bits per heavy atom. The number of carbonyl (C=O) groups is 1. The molecule has 15 heavy (non-hydrogen) atoms. The van der Waals surface area contributed by atoms with E-state index in [2.05, 4.69) is 9.97 Å². The van der Waals surface area contributed by atoms with Gasteiger partial charge in [-0.05, 0) is 11.6 Å². The predicted octanol–water partition coefficient (Wildman–Crippen LogP) is 1.78. The molecule has 1 aromatic heterocycles. The molecule has 8 heteroatoms. The highest BCUT2D eigenvalue weighted by Gasteiger charge is 2.36. The predicted molar refractivity (Wildman–Crippen MR) is 43.4 cm³/mol. The second kappa shape index (κ2) is 4.01. The summed E-state index contributed by atoms with van der Waals surface area (Å²) < 4.78 is 37.0. The van der Waals surface area contributed by atoms with Crippen molar-refractivity contribution in [1.29, 1.82) is 0 Å². The van der Waals surface area contributed by atoms with Crippen LogP contribution in [0.1, 0.15) is 11.3 Å². The smallest absolute Gasteiger partial charge is 0.433 e. The largest absolute Gasteiger partial charge is 0.481 e. The minimum absolute atomic E-state index is 0.514. The van der Waals surface area contributed by atoms with Crippen LogP contribution in [-0.4, -0.2) is 21.0 Å². The van der Waals surface area contributed by atoms with Crippen LogP contribution in [0.4, 0.5) is 13.2 Å². The molecule has 0 radical (unpaired) electrons. The van der Waals surface area contributed by atoms with Crippen LogP contribution in [-0.2, 0) is 17.4 Å². The summed E-state index contributed by atoms with van der Waals surface area (Å²) in [6.45, 7) is 0. The molecule has 0 bridgehead atoms. The molecule has 0 amide bonds. The summed E-state index contributed by atoms with van der Waals surface area (Å²) in [7, 11) is 0. The van der Waals surface area contributed by atoms with Crippen LogP contribution in [0.5, 0.6) is 0 Å². The van der Waals surface area contributed by atoms with Crippen LogP contribution in [0.25, 0.3) is 0 Å². The van der Waals surface area contributed by atoms with Gasteiger partial charge in [-0.1, -0.05) is 0 Å². The first kappa shape index (κ1) is 11.7. The molecule has 0 aromatic carbocycles. The number of alkyl halides is 3. The third kappa shape index (κ3) is 3.05. The van der Waals surface area contributed by atoms with E-state index in [0.29, 0.717) is 0 Å². The second-order valence-corrected chi connectivity index (χ2v) is 2.92. The number of carboxylic acids is 1. The van der Waals surface area contributed by atoms with Gasteiger partial charge >= 0.3 is 12.1 Å².